The third-order valence-corrected chi connectivity index (χ3v) is 6.71. The summed E-state index contributed by atoms with van der Waals surface area (Å²) in [6.45, 7) is 5.28. The number of fused-ring (bicyclic) bond motifs is 2. The van der Waals surface area contributed by atoms with E-state index in [0.717, 1.165) is 53.3 Å². The number of rotatable bonds is 5. The van der Waals surface area contributed by atoms with Crippen LogP contribution in [0.5, 0.6) is 0 Å². The molecule has 0 bridgehead atoms. The molecule has 1 aliphatic heterocycles. The van der Waals surface area contributed by atoms with E-state index in [0.29, 0.717) is 17.9 Å². The number of hydrogen-bond acceptors (Lipinski definition) is 6. The summed E-state index contributed by atoms with van der Waals surface area (Å²) < 4.78 is 3.78. The Hall–Kier alpha value is -3.26. The second-order valence-corrected chi connectivity index (χ2v) is 8.97. The van der Waals surface area contributed by atoms with Gasteiger partial charge in [-0.15, -0.1) is 10.2 Å². The van der Waals surface area contributed by atoms with Crippen molar-refractivity contribution in [2.75, 3.05) is 18.4 Å². The molecule has 4 aromatic rings. The van der Waals surface area contributed by atoms with E-state index < -0.39 is 0 Å². The van der Waals surface area contributed by atoms with E-state index in [4.69, 9.17) is 0 Å². The van der Waals surface area contributed by atoms with E-state index in [9.17, 15) is 0 Å². The van der Waals surface area contributed by atoms with E-state index in [1.807, 2.05) is 47.9 Å². The summed E-state index contributed by atoms with van der Waals surface area (Å²) in [6.07, 6.45) is 2.02. The maximum Gasteiger partial charge on any atom is 0.148 e. The SMILES string of the molecule is Cc1cc(CN2C[C@H]3C(Nc4ccc(-c5ccc6nn(C)cc6c5)nn4)[C@@H]3C2)nn1C. The number of piperidine rings is 1. The molecule has 4 heterocycles. The molecule has 3 aromatic heterocycles. The van der Waals surface area contributed by atoms with Crippen LogP contribution >= 0.6 is 0 Å². The van der Waals surface area contributed by atoms with Crippen molar-refractivity contribution in [2.45, 2.75) is 19.5 Å². The molecule has 2 fully saturated rings. The minimum Gasteiger partial charge on any atom is -0.365 e. The quantitative estimate of drug-likeness (QED) is 0.541. The van der Waals surface area contributed by atoms with Crippen LogP contribution in [0.25, 0.3) is 22.2 Å². The summed E-state index contributed by atoms with van der Waals surface area (Å²) in [7, 11) is 3.94. The smallest absolute Gasteiger partial charge is 0.148 e. The predicted molar refractivity (Wildman–Crippen MR) is 119 cm³/mol. The van der Waals surface area contributed by atoms with Gasteiger partial charge in [-0.05, 0) is 49.1 Å². The van der Waals surface area contributed by atoms with Crippen molar-refractivity contribution in [1.82, 2.24) is 34.7 Å². The van der Waals surface area contributed by atoms with Crippen LogP contribution in [0, 0.1) is 18.8 Å². The zero-order valence-electron chi connectivity index (χ0n) is 18.0. The maximum absolute atomic E-state index is 4.59. The van der Waals surface area contributed by atoms with Gasteiger partial charge in [0.05, 0.1) is 16.9 Å². The number of likely N-dealkylation sites (tertiary alicyclic amines) is 1. The second-order valence-electron chi connectivity index (χ2n) is 8.97. The highest BCUT2D eigenvalue weighted by Gasteiger charge is 2.55. The summed E-state index contributed by atoms with van der Waals surface area (Å²) in [6, 6.07) is 13.0. The molecule has 1 aliphatic carbocycles. The van der Waals surface area contributed by atoms with Crippen molar-refractivity contribution in [2.24, 2.45) is 25.9 Å². The minimum absolute atomic E-state index is 0.508. The first-order valence-corrected chi connectivity index (χ1v) is 10.8. The molecule has 6 rings (SSSR count). The fourth-order valence-electron chi connectivity index (χ4n) is 4.94. The fourth-order valence-corrected chi connectivity index (χ4v) is 4.94. The molecule has 0 amide bonds. The first-order valence-electron chi connectivity index (χ1n) is 10.8. The van der Waals surface area contributed by atoms with Crippen molar-refractivity contribution < 1.29 is 0 Å². The Bertz CT molecular complexity index is 1220. The lowest BCUT2D eigenvalue weighted by atomic mass is 10.1. The second kappa shape index (κ2) is 6.88. The highest BCUT2D eigenvalue weighted by Crippen LogP contribution is 2.47. The predicted octanol–water partition coefficient (Wildman–Crippen LogP) is 2.61. The molecule has 8 heteroatoms. The monoisotopic (exact) mass is 414 g/mol. The highest BCUT2D eigenvalue weighted by atomic mass is 15.3. The molecule has 158 valence electrons. The van der Waals surface area contributed by atoms with Crippen LogP contribution < -0.4 is 5.32 Å². The average Bonchev–Trinajstić information content (AvgIpc) is 3.10. The van der Waals surface area contributed by atoms with Gasteiger partial charge in [-0.1, -0.05) is 6.07 Å². The van der Waals surface area contributed by atoms with Gasteiger partial charge in [0.25, 0.3) is 0 Å². The Morgan fingerprint density at radius 3 is 2.55 bits per heavy atom. The van der Waals surface area contributed by atoms with Gasteiger partial charge in [0.1, 0.15) is 5.82 Å². The van der Waals surface area contributed by atoms with Crippen LogP contribution in [-0.4, -0.2) is 53.8 Å². The highest BCUT2D eigenvalue weighted by molar-refractivity contribution is 5.83. The summed E-state index contributed by atoms with van der Waals surface area (Å²) in [5, 5.41) is 22.6. The standard InChI is InChI=1S/C23H26N8/c1-14-8-17(27-30(14)3)11-31-12-18-19(13-31)23(18)24-22-7-6-20(25-26-22)15-4-5-21-16(9-15)10-29(2)28-21/h4-10,18-19,23H,11-13H2,1-3H3,(H,24,26)/t18-,19-/m1/s1. The van der Waals surface area contributed by atoms with Crippen molar-refractivity contribution in [3.8, 4) is 11.3 Å². The van der Waals surface area contributed by atoms with Crippen LogP contribution in [0.1, 0.15) is 11.4 Å². The summed E-state index contributed by atoms with van der Waals surface area (Å²) in [5.74, 6) is 2.25. The lowest BCUT2D eigenvalue weighted by molar-refractivity contribution is 0.288. The van der Waals surface area contributed by atoms with Crippen LogP contribution in [0.2, 0.25) is 0 Å². The first kappa shape index (κ1) is 18.5. The number of aromatic nitrogens is 6. The number of nitrogens with one attached hydrogen (secondary N) is 1. The normalized spacial score (nSPS) is 22.7. The molecule has 2 aliphatic rings. The zero-order valence-corrected chi connectivity index (χ0v) is 18.0. The Labute approximate surface area is 180 Å². The van der Waals surface area contributed by atoms with Gasteiger partial charge >= 0.3 is 0 Å². The average molecular weight is 415 g/mol. The minimum atomic E-state index is 0.508. The van der Waals surface area contributed by atoms with Crippen LogP contribution in [0.15, 0.2) is 42.6 Å². The Kier molecular flexibility index (Phi) is 4.11. The Morgan fingerprint density at radius 1 is 1.00 bits per heavy atom. The lowest BCUT2D eigenvalue weighted by Crippen LogP contribution is -2.28. The molecular formula is C23H26N8. The summed E-state index contributed by atoms with van der Waals surface area (Å²) >= 11 is 0. The van der Waals surface area contributed by atoms with Gasteiger partial charge in [0, 0.05) is 62.6 Å². The Balaban J connectivity index is 1.07. The van der Waals surface area contributed by atoms with Crippen LogP contribution in [0.4, 0.5) is 5.82 Å². The molecule has 1 saturated heterocycles. The van der Waals surface area contributed by atoms with Gasteiger partial charge in [0.15, 0.2) is 0 Å². The van der Waals surface area contributed by atoms with E-state index in [1.54, 1.807) is 0 Å². The number of aryl methyl sites for hydroxylation is 3. The molecule has 31 heavy (non-hydrogen) atoms. The summed E-state index contributed by atoms with van der Waals surface area (Å²) in [5.41, 5.74) is 5.30. The topological polar surface area (TPSA) is 76.7 Å². The van der Waals surface area contributed by atoms with Gasteiger partial charge in [-0.25, -0.2) is 0 Å². The van der Waals surface area contributed by atoms with Crippen molar-refractivity contribution in [3.63, 3.8) is 0 Å². The van der Waals surface area contributed by atoms with Crippen LogP contribution in [-0.2, 0) is 20.6 Å². The van der Waals surface area contributed by atoms with E-state index in [2.05, 4.69) is 55.7 Å². The first-order chi connectivity index (χ1) is 15.0. The van der Waals surface area contributed by atoms with Gasteiger partial charge in [0.2, 0.25) is 0 Å². The molecule has 0 unspecified atom stereocenters. The number of nitrogens with zero attached hydrogens (tertiary/aromatic N) is 7. The molecular weight excluding hydrogens is 388 g/mol. The van der Waals surface area contributed by atoms with Crippen molar-refractivity contribution in [1.29, 1.82) is 0 Å². The molecule has 0 radical (unpaired) electrons. The number of benzene rings is 1. The largest absolute Gasteiger partial charge is 0.365 e. The van der Waals surface area contributed by atoms with E-state index in [-0.39, 0.29) is 0 Å². The zero-order chi connectivity index (χ0) is 21.1. The molecule has 2 atom stereocenters. The van der Waals surface area contributed by atoms with Crippen molar-refractivity contribution >= 4 is 16.7 Å². The van der Waals surface area contributed by atoms with E-state index in [1.165, 1.54) is 5.69 Å². The lowest BCUT2D eigenvalue weighted by Gasteiger charge is -2.18. The van der Waals surface area contributed by atoms with Crippen molar-refractivity contribution in [3.05, 3.63) is 54.0 Å². The molecule has 1 saturated carbocycles. The molecule has 0 spiro atoms. The molecule has 8 nitrogen and oxygen atoms in total. The van der Waals surface area contributed by atoms with Gasteiger partial charge in [-0.2, -0.15) is 10.2 Å². The van der Waals surface area contributed by atoms with Gasteiger partial charge < -0.3 is 5.32 Å². The van der Waals surface area contributed by atoms with Crippen LogP contribution in [0.3, 0.4) is 0 Å². The molecule has 1 aromatic carbocycles. The maximum atomic E-state index is 4.59. The third-order valence-electron chi connectivity index (χ3n) is 6.71. The number of hydrogen-bond donors (Lipinski definition) is 1. The third kappa shape index (κ3) is 3.37. The van der Waals surface area contributed by atoms with Gasteiger partial charge in [-0.3, -0.25) is 14.3 Å². The number of anilines is 1. The summed E-state index contributed by atoms with van der Waals surface area (Å²) in [4.78, 5) is 2.51. The molecule has 1 N–H and O–H groups in total. The van der Waals surface area contributed by atoms with E-state index >= 15 is 0 Å². The Morgan fingerprint density at radius 2 is 1.84 bits per heavy atom. The fraction of sp³-hybridized carbons (Fsp3) is 0.391.